The summed E-state index contributed by atoms with van der Waals surface area (Å²) >= 11 is 13.7. The number of carbonyl (C=O) groups is 2. The number of sulfone groups is 2. The third-order valence-electron chi connectivity index (χ3n) is 14.0. The van der Waals surface area contributed by atoms with Gasteiger partial charge in [0.15, 0.2) is 19.7 Å². The maximum Gasteiger partial charge on any atom is 0.216 e. The Kier molecular flexibility index (Phi) is 20.9. The Hall–Kier alpha value is -6.82. The molecule has 2 aliphatic heterocycles. The second kappa shape index (κ2) is 28.0. The van der Waals surface area contributed by atoms with Crippen LogP contribution in [0.2, 0.25) is 10.0 Å². The number of carbonyl (C=O) groups excluding carboxylic acids is 2. The van der Waals surface area contributed by atoms with E-state index in [4.69, 9.17) is 42.1 Å². The normalized spacial score (nSPS) is 14.7. The first-order valence-corrected chi connectivity index (χ1v) is 31.0. The van der Waals surface area contributed by atoms with Gasteiger partial charge < -0.3 is 50.0 Å². The summed E-state index contributed by atoms with van der Waals surface area (Å²) in [6.07, 6.45) is 6.72. The molecule has 2 amide bonds. The zero-order valence-corrected chi connectivity index (χ0v) is 49.2. The number of rotatable bonds is 25. The number of aromatic nitrogens is 2. The first kappa shape index (κ1) is 61.3. The molecule has 0 aliphatic carbocycles. The molecular weight excluding hydrogens is 1140 g/mol. The highest BCUT2D eigenvalue weighted by Crippen LogP contribution is 2.38. The molecule has 4 heterocycles. The lowest BCUT2D eigenvalue weighted by Gasteiger charge is -2.28. The van der Waals surface area contributed by atoms with E-state index < -0.39 is 31.3 Å². The molecule has 2 aromatic heterocycles. The Morgan fingerprint density at radius 1 is 0.512 bits per heavy atom. The number of benzene rings is 4. The monoisotopic (exact) mass is 1210 g/mol. The van der Waals surface area contributed by atoms with Gasteiger partial charge in [-0.2, -0.15) is 0 Å². The summed E-state index contributed by atoms with van der Waals surface area (Å²) in [5.74, 6) is 0.169. The van der Waals surface area contributed by atoms with Crippen LogP contribution in [-0.4, -0.2) is 114 Å². The summed E-state index contributed by atoms with van der Waals surface area (Å²) in [5.41, 5.74) is 7.49. The van der Waals surface area contributed by atoms with E-state index in [1.807, 2.05) is 21.9 Å². The van der Waals surface area contributed by atoms with Crippen LogP contribution >= 0.6 is 23.2 Å². The van der Waals surface area contributed by atoms with Crippen LogP contribution in [-0.2, 0) is 68.8 Å². The fourth-order valence-electron chi connectivity index (χ4n) is 9.37. The molecule has 438 valence electrons. The van der Waals surface area contributed by atoms with Gasteiger partial charge in [-0.3, -0.25) is 19.6 Å². The first-order valence-electron chi connectivity index (χ1n) is 26.6. The molecule has 0 spiro atoms. The molecule has 82 heavy (non-hydrogen) atoms. The number of nitrogens with one attached hydrogen (secondary N) is 4. The maximum absolute atomic E-state index is 15.8. The summed E-state index contributed by atoms with van der Waals surface area (Å²) in [6.45, 7) is 10.2. The van der Waals surface area contributed by atoms with Crippen molar-refractivity contribution in [3.8, 4) is 34.1 Å². The quantitative estimate of drug-likeness (QED) is 0.0406. The Labute approximate surface area is 487 Å². The van der Waals surface area contributed by atoms with Crippen LogP contribution < -0.4 is 50.0 Å². The fourth-order valence-corrected chi connectivity index (χ4v) is 12.3. The lowest BCUT2D eigenvalue weighted by Crippen LogP contribution is -2.40. The lowest BCUT2D eigenvalue weighted by atomic mass is 9.91. The molecule has 0 radical (unpaired) electrons. The van der Waals surface area contributed by atoms with Crippen LogP contribution in [0.3, 0.4) is 0 Å². The van der Waals surface area contributed by atoms with Crippen molar-refractivity contribution in [2.24, 2.45) is 0 Å². The van der Waals surface area contributed by atoms with Crippen LogP contribution in [0.15, 0.2) is 85.5 Å². The van der Waals surface area contributed by atoms with Crippen molar-refractivity contribution >= 4 is 66.1 Å². The van der Waals surface area contributed by atoms with Crippen LogP contribution in [0.5, 0.6) is 23.0 Å². The fraction of sp³-hybridized carbons (Fsp3) is 0.379. The van der Waals surface area contributed by atoms with Crippen LogP contribution in [0.25, 0.3) is 11.1 Å². The number of pyridine rings is 2. The van der Waals surface area contributed by atoms with Gasteiger partial charge in [-0.1, -0.05) is 23.2 Å². The highest BCUT2D eigenvalue weighted by atomic mass is 35.5. The number of halogens is 4. The smallest absolute Gasteiger partial charge is 0.216 e. The van der Waals surface area contributed by atoms with E-state index in [-0.39, 0.29) is 82.8 Å². The second-order valence-electron chi connectivity index (χ2n) is 20.1. The van der Waals surface area contributed by atoms with E-state index in [9.17, 15) is 26.4 Å². The summed E-state index contributed by atoms with van der Waals surface area (Å²) < 4.78 is 105. The third-order valence-corrected chi connectivity index (χ3v) is 17.8. The topological polar surface area (TPSA) is 220 Å². The second-order valence-corrected chi connectivity index (χ2v) is 25.5. The molecule has 4 N–H and O–H groups in total. The molecular formula is C58H66Cl2F2N8O10S2. The van der Waals surface area contributed by atoms with Gasteiger partial charge in [-0.25, -0.2) is 25.6 Å². The molecule has 8 rings (SSSR count). The number of nitrogens with zero attached hydrogens (tertiary/aromatic N) is 4. The Balaban J connectivity index is 0.988. The van der Waals surface area contributed by atoms with Gasteiger partial charge >= 0.3 is 0 Å². The van der Waals surface area contributed by atoms with E-state index >= 15 is 8.78 Å². The molecule has 4 aromatic carbocycles. The third kappa shape index (κ3) is 17.1. The average molecular weight is 1210 g/mol. The van der Waals surface area contributed by atoms with E-state index in [1.54, 1.807) is 62.9 Å². The van der Waals surface area contributed by atoms with E-state index in [2.05, 4.69) is 31.2 Å². The van der Waals surface area contributed by atoms with Crippen LogP contribution in [0.4, 0.5) is 20.2 Å². The van der Waals surface area contributed by atoms with Gasteiger partial charge in [-0.15, -0.1) is 0 Å². The molecule has 2 aliphatic rings. The number of anilines is 2. The van der Waals surface area contributed by atoms with Crippen molar-refractivity contribution < 1.29 is 54.2 Å². The van der Waals surface area contributed by atoms with E-state index in [1.165, 1.54) is 38.1 Å². The van der Waals surface area contributed by atoms with Crippen molar-refractivity contribution in [3.63, 3.8) is 0 Å². The molecule has 24 heteroatoms. The molecule has 2 saturated heterocycles. The minimum Gasteiger partial charge on any atom is -0.488 e. The summed E-state index contributed by atoms with van der Waals surface area (Å²) in [6, 6.07) is 16.0. The Morgan fingerprint density at radius 3 is 1.27 bits per heavy atom. The van der Waals surface area contributed by atoms with Gasteiger partial charge in [0.25, 0.3) is 0 Å². The summed E-state index contributed by atoms with van der Waals surface area (Å²) in [4.78, 5) is 35.7. The van der Waals surface area contributed by atoms with Gasteiger partial charge in [0.05, 0.1) is 56.8 Å². The predicted molar refractivity (Wildman–Crippen MR) is 312 cm³/mol. The minimum atomic E-state index is -3.08. The zero-order valence-electron chi connectivity index (χ0n) is 46.0. The number of hydrogen-bond acceptors (Lipinski definition) is 16. The summed E-state index contributed by atoms with van der Waals surface area (Å²) in [7, 11) is -6.16. The molecule has 6 aromatic rings. The molecule has 0 unspecified atom stereocenters. The first-order chi connectivity index (χ1) is 39.2. The van der Waals surface area contributed by atoms with Crippen molar-refractivity contribution in [3.05, 3.63) is 152 Å². The molecule has 0 saturated carbocycles. The number of amides is 2. The average Bonchev–Trinajstić information content (AvgIpc) is 3.43. The molecule has 2 fully saturated rings. The Morgan fingerprint density at radius 2 is 0.890 bits per heavy atom. The van der Waals surface area contributed by atoms with Crippen LogP contribution in [0, 0.1) is 25.5 Å². The van der Waals surface area contributed by atoms with Gasteiger partial charge in [0.1, 0.15) is 61.1 Å². The zero-order chi connectivity index (χ0) is 58.6. The minimum absolute atomic E-state index is 0.0612. The largest absolute Gasteiger partial charge is 0.488 e. The van der Waals surface area contributed by atoms with Gasteiger partial charge in [-0.05, 0) is 95.8 Å². The predicted octanol–water partition coefficient (Wildman–Crippen LogP) is 7.58. The van der Waals surface area contributed by atoms with Crippen molar-refractivity contribution in [1.82, 2.24) is 31.2 Å². The standard InChI is InChI=1S/C58H66Cl2F2N8O10S2/c1-37-45(35-79-57-25-55(43(21-53(57)59)29-63-5-7-67-39(3)71)77-33-41-17-49(31-65-27-41)69-9-13-81(73,74)14-10-69)19-47(61)23-51(37)52-24-48(62)20-46(38(52)2)36-80-58-26-56(44(22-54(58)60)30-64-6-8-68-40(4)72)78-34-42-18-50(32-66-28-42)70-11-15-82(75,76)16-12-70/h17-28,31-32,63-64H,5-16,29-30,33-36H2,1-4H3,(H,67,71)(H,68,72). The lowest BCUT2D eigenvalue weighted by molar-refractivity contribution is -0.119. The van der Waals surface area contributed by atoms with Crippen LogP contribution in [0.1, 0.15) is 58.4 Å². The van der Waals surface area contributed by atoms with Gasteiger partial charge in [0.2, 0.25) is 11.8 Å². The highest BCUT2D eigenvalue weighted by molar-refractivity contribution is 7.91. The highest BCUT2D eigenvalue weighted by Gasteiger charge is 2.25. The van der Waals surface area contributed by atoms with E-state index in [0.29, 0.717) is 121 Å². The molecule has 0 atom stereocenters. The molecule has 0 bridgehead atoms. The van der Waals surface area contributed by atoms with Crippen molar-refractivity contribution in [2.45, 2.75) is 67.2 Å². The SMILES string of the molecule is CC(=O)NCCNCc1cc(Cl)c(OCc2cc(F)cc(-c3cc(F)cc(COc4cc(OCc5cncc(N6CCS(=O)(=O)CC6)c5)c(CNCCNC(C)=O)cc4Cl)c3C)c2C)cc1OCc1cncc(N2CCS(=O)(=O)CC2)c1. The summed E-state index contributed by atoms with van der Waals surface area (Å²) in [5, 5.41) is 12.6. The molecule has 18 nitrogen and oxygen atoms in total. The maximum atomic E-state index is 15.8. The van der Waals surface area contributed by atoms with Crippen molar-refractivity contribution in [2.75, 3.05) is 85.2 Å². The van der Waals surface area contributed by atoms with E-state index in [0.717, 1.165) is 22.5 Å². The van der Waals surface area contributed by atoms with Crippen molar-refractivity contribution in [1.29, 1.82) is 0 Å². The number of ether oxygens (including phenoxy) is 4. The van der Waals surface area contributed by atoms with Gasteiger partial charge in [0, 0.05) is 126 Å². The Bertz CT molecular complexity index is 3270. The number of hydrogen-bond donors (Lipinski definition) is 4.